The van der Waals surface area contributed by atoms with Crippen LogP contribution in [0.5, 0.6) is 0 Å². The SMILES string of the molecule is CC(N=C=S)(c1ccccc1F)[C@H]1COC[C@]1(O[Si](C)(C)C(C)(C)C)C(F)(F)F. The number of alkyl halides is 3. The molecule has 0 spiro atoms. The van der Waals surface area contributed by atoms with Crippen molar-refractivity contribution in [3.05, 3.63) is 35.6 Å². The van der Waals surface area contributed by atoms with Crippen molar-refractivity contribution in [1.29, 1.82) is 0 Å². The monoisotopic (exact) mass is 449 g/mol. The number of nitrogens with zero attached hydrogens (tertiary/aromatic N) is 1. The first-order valence-corrected chi connectivity index (χ1v) is 12.6. The number of rotatable bonds is 5. The third kappa shape index (κ3) is 4.21. The van der Waals surface area contributed by atoms with Crippen molar-refractivity contribution in [2.24, 2.45) is 10.9 Å². The molecule has 0 radical (unpaired) electrons. The fourth-order valence-corrected chi connectivity index (χ4v) is 5.24. The maximum Gasteiger partial charge on any atom is 0.419 e. The van der Waals surface area contributed by atoms with Crippen LogP contribution in [-0.4, -0.2) is 38.5 Å². The molecule has 0 bridgehead atoms. The third-order valence-electron chi connectivity index (χ3n) is 6.26. The van der Waals surface area contributed by atoms with Crippen molar-refractivity contribution in [2.45, 2.75) is 63.1 Å². The average molecular weight is 450 g/mol. The summed E-state index contributed by atoms with van der Waals surface area (Å²) < 4.78 is 69.9. The Kier molecular flexibility index (Phi) is 6.54. The van der Waals surface area contributed by atoms with Gasteiger partial charge < -0.3 is 9.16 Å². The first kappa shape index (κ1) is 24.1. The van der Waals surface area contributed by atoms with Gasteiger partial charge in [-0.3, -0.25) is 0 Å². The molecule has 1 heterocycles. The van der Waals surface area contributed by atoms with Crippen LogP contribution in [0.4, 0.5) is 17.6 Å². The topological polar surface area (TPSA) is 30.8 Å². The molecule has 1 fully saturated rings. The molecule has 0 aromatic heterocycles. The summed E-state index contributed by atoms with van der Waals surface area (Å²) in [5.41, 5.74) is -4.30. The summed E-state index contributed by atoms with van der Waals surface area (Å²) in [7, 11) is -2.89. The Balaban J connectivity index is 2.73. The normalized spacial score (nSPS) is 25.4. The number of halogens is 4. The molecule has 162 valence electrons. The van der Waals surface area contributed by atoms with Crippen LogP contribution in [0.1, 0.15) is 33.3 Å². The van der Waals surface area contributed by atoms with Gasteiger partial charge in [0, 0.05) is 5.56 Å². The van der Waals surface area contributed by atoms with Crippen LogP contribution in [0, 0.1) is 11.7 Å². The zero-order valence-electron chi connectivity index (χ0n) is 17.5. The van der Waals surface area contributed by atoms with Crippen molar-refractivity contribution in [3.63, 3.8) is 0 Å². The minimum absolute atomic E-state index is 0.000284. The Hall–Kier alpha value is -1.12. The maximum absolute atomic E-state index is 14.7. The molecule has 0 aliphatic carbocycles. The van der Waals surface area contributed by atoms with Crippen LogP contribution in [0.3, 0.4) is 0 Å². The molecule has 3 atom stereocenters. The second kappa shape index (κ2) is 7.85. The predicted molar refractivity (Wildman–Crippen MR) is 110 cm³/mol. The fourth-order valence-electron chi connectivity index (χ4n) is 3.52. The van der Waals surface area contributed by atoms with Crippen LogP contribution in [0.25, 0.3) is 0 Å². The second-order valence-corrected chi connectivity index (χ2v) is 14.1. The maximum atomic E-state index is 14.7. The highest BCUT2D eigenvalue weighted by molar-refractivity contribution is 7.78. The van der Waals surface area contributed by atoms with E-state index >= 15 is 0 Å². The van der Waals surface area contributed by atoms with E-state index in [1.54, 1.807) is 19.2 Å². The van der Waals surface area contributed by atoms with Gasteiger partial charge in [0.15, 0.2) is 13.9 Å². The number of benzene rings is 1. The molecule has 9 heteroatoms. The smallest absolute Gasteiger partial charge is 0.401 e. The summed E-state index contributed by atoms with van der Waals surface area (Å²) in [5, 5.41) is 1.70. The molecular formula is C20H27F4NO2SSi. The van der Waals surface area contributed by atoms with Gasteiger partial charge in [0.05, 0.1) is 24.3 Å². The highest BCUT2D eigenvalue weighted by atomic mass is 32.1. The summed E-state index contributed by atoms with van der Waals surface area (Å²) in [6, 6.07) is 5.62. The molecule has 3 nitrogen and oxygen atoms in total. The summed E-state index contributed by atoms with van der Waals surface area (Å²) >= 11 is 4.72. The summed E-state index contributed by atoms with van der Waals surface area (Å²) in [6.45, 7) is 9.54. The zero-order valence-corrected chi connectivity index (χ0v) is 19.3. The quantitative estimate of drug-likeness (QED) is 0.235. The van der Waals surface area contributed by atoms with Gasteiger partial charge in [0.2, 0.25) is 0 Å². The number of hydrogen-bond donors (Lipinski definition) is 0. The van der Waals surface area contributed by atoms with Gasteiger partial charge >= 0.3 is 6.18 Å². The Morgan fingerprint density at radius 3 is 2.28 bits per heavy atom. The Morgan fingerprint density at radius 2 is 1.79 bits per heavy atom. The molecule has 2 rings (SSSR count). The van der Waals surface area contributed by atoms with Gasteiger partial charge in [0.25, 0.3) is 0 Å². The fraction of sp³-hybridized carbons (Fsp3) is 0.650. The summed E-state index contributed by atoms with van der Waals surface area (Å²) in [6.07, 6.45) is -4.76. The van der Waals surface area contributed by atoms with Crippen molar-refractivity contribution >= 4 is 25.7 Å². The number of thiocarbonyl (C=S) groups is 1. The summed E-state index contributed by atoms with van der Waals surface area (Å²) in [4.78, 5) is 4.05. The van der Waals surface area contributed by atoms with E-state index in [1.807, 2.05) is 20.8 Å². The number of isothiocyanates is 1. The highest BCUT2D eigenvalue weighted by Crippen LogP contribution is 2.55. The minimum atomic E-state index is -4.76. The molecule has 29 heavy (non-hydrogen) atoms. The molecule has 0 N–H and O–H groups in total. The number of ether oxygens (including phenoxy) is 1. The molecule has 0 amide bonds. The molecule has 0 saturated carbocycles. The zero-order chi connectivity index (χ0) is 22.3. The average Bonchev–Trinajstić information content (AvgIpc) is 2.99. The number of aliphatic imine (C=N–C) groups is 1. The van der Waals surface area contributed by atoms with Crippen LogP contribution in [0.2, 0.25) is 18.1 Å². The highest BCUT2D eigenvalue weighted by Gasteiger charge is 2.70. The summed E-state index contributed by atoms with van der Waals surface area (Å²) in [5.74, 6) is -2.00. The van der Waals surface area contributed by atoms with Gasteiger partial charge in [-0.2, -0.15) is 13.2 Å². The number of hydrogen-bond acceptors (Lipinski definition) is 4. The molecular weight excluding hydrogens is 422 g/mol. The first-order chi connectivity index (χ1) is 13.1. The lowest BCUT2D eigenvalue weighted by atomic mass is 9.72. The van der Waals surface area contributed by atoms with E-state index in [1.165, 1.54) is 25.1 Å². The van der Waals surface area contributed by atoms with Gasteiger partial charge in [-0.25, -0.2) is 9.38 Å². The van der Waals surface area contributed by atoms with Crippen LogP contribution >= 0.6 is 12.2 Å². The lowest BCUT2D eigenvalue weighted by Crippen LogP contribution is -2.63. The van der Waals surface area contributed by atoms with Gasteiger partial charge in [0.1, 0.15) is 11.4 Å². The van der Waals surface area contributed by atoms with Gasteiger partial charge in [-0.1, -0.05) is 39.0 Å². The van der Waals surface area contributed by atoms with E-state index in [0.717, 1.165) is 0 Å². The molecule has 1 unspecified atom stereocenters. The molecule has 1 aliphatic rings. The Labute approximate surface area is 175 Å². The predicted octanol–water partition coefficient (Wildman–Crippen LogP) is 6.11. The van der Waals surface area contributed by atoms with E-state index in [9.17, 15) is 17.6 Å². The Bertz CT molecular complexity index is 804. The largest absolute Gasteiger partial charge is 0.419 e. The van der Waals surface area contributed by atoms with E-state index in [2.05, 4.69) is 10.2 Å². The van der Waals surface area contributed by atoms with Crippen LogP contribution in [0.15, 0.2) is 29.3 Å². The Morgan fingerprint density at radius 1 is 1.21 bits per heavy atom. The van der Waals surface area contributed by atoms with Crippen molar-refractivity contribution in [2.75, 3.05) is 13.2 Å². The van der Waals surface area contributed by atoms with E-state index < -0.39 is 49.0 Å². The lowest BCUT2D eigenvalue weighted by molar-refractivity contribution is -0.269. The van der Waals surface area contributed by atoms with Gasteiger partial charge in [-0.05, 0) is 43.3 Å². The lowest BCUT2D eigenvalue weighted by Gasteiger charge is -2.49. The molecule has 1 saturated heterocycles. The van der Waals surface area contributed by atoms with E-state index in [-0.39, 0.29) is 12.2 Å². The minimum Gasteiger partial charge on any atom is -0.401 e. The van der Waals surface area contributed by atoms with Crippen molar-refractivity contribution in [3.8, 4) is 0 Å². The first-order valence-electron chi connectivity index (χ1n) is 9.31. The van der Waals surface area contributed by atoms with E-state index in [0.29, 0.717) is 0 Å². The van der Waals surface area contributed by atoms with Crippen molar-refractivity contribution in [1.82, 2.24) is 0 Å². The van der Waals surface area contributed by atoms with Gasteiger partial charge in [-0.15, -0.1) is 0 Å². The van der Waals surface area contributed by atoms with Crippen LogP contribution in [-0.2, 0) is 14.7 Å². The van der Waals surface area contributed by atoms with Crippen LogP contribution < -0.4 is 0 Å². The standard InChI is InChI=1S/C20H27F4NO2SSi/c1-17(2,3)29(5,6)27-19(20(22,23)24)12-26-11-16(19)18(4,25-13-28)14-9-7-8-10-15(14)21/h7-10,16H,11-12H2,1-6H3/t16-,18?,19-/m1/s1. The third-order valence-corrected chi connectivity index (χ3v) is 10.8. The molecule has 1 aromatic rings. The second-order valence-electron chi connectivity index (χ2n) is 9.15. The molecule has 1 aliphatic heterocycles. The van der Waals surface area contributed by atoms with Crippen molar-refractivity contribution < 1.29 is 26.7 Å². The van der Waals surface area contributed by atoms with E-state index in [4.69, 9.17) is 21.4 Å². The molecule has 1 aromatic carbocycles.